The highest BCUT2D eigenvalue weighted by Crippen LogP contribution is 2.44. The summed E-state index contributed by atoms with van der Waals surface area (Å²) in [6, 6.07) is 39.5. The van der Waals surface area contributed by atoms with Gasteiger partial charge in [0.15, 0.2) is 0 Å². The fourth-order valence-electron chi connectivity index (χ4n) is 5.95. The van der Waals surface area contributed by atoms with Gasteiger partial charge in [-0.05, 0) is 82.1 Å². The molecule has 0 atom stereocenters. The predicted octanol–water partition coefficient (Wildman–Crippen LogP) is 15.5. The van der Waals surface area contributed by atoms with Gasteiger partial charge in [0.05, 0.1) is 12.4 Å². The average Bonchev–Trinajstić information content (AvgIpc) is 3.60. The van der Waals surface area contributed by atoms with E-state index in [2.05, 4.69) is 173 Å². The second kappa shape index (κ2) is 25.1. The van der Waals surface area contributed by atoms with Crippen LogP contribution in [0.1, 0.15) is 104 Å². The molecule has 0 aromatic heterocycles. The predicted molar refractivity (Wildman–Crippen MR) is 242 cm³/mol. The molecule has 0 bridgehead atoms. The highest BCUT2D eigenvalue weighted by atomic mass is 127. The van der Waals surface area contributed by atoms with E-state index in [1.165, 1.54) is 50.1 Å². The fourth-order valence-corrected chi connectivity index (χ4v) is 6.12. The number of hydrogen-bond donors (Lipinski definition) is 1. The minimum atomic E-state index is 0.705. The van der Waals surface area contributed by atoms with Crippen molar-refractivity contribution in [3.8, 4) is 33.4 Å². The van der Waals surface area contributed by atoms with Gasteiger partial charge in [0.25, 0.3) is 0 Å². The molecule has 1 aliphatic carbocycles. The zero-order valence-corrected chi connectivity index (χ0v) is 35.7. The largest absolute Gasteiger partial charge is 0.371 e. The molecule has 0 amide bonds. The smallest absolute Gasteiger partial charge is 0.0765 e. The number of para-hydroxylation sites is 1. The topological polar surface area (TPSA) is 15.3 Å². The Morgan fingerprint density at radius 2 is 1.16 bits per heavy atom. The minimum Gasteiger partial charge on any atom is -0.371 e. The minimum absolute atomic E-state index is 0.705. The zero-order chi connectivity index (χ0) is 38.3. The van der Waals surface area contributed by atoms with Gasteiger partial charge in [0, 0.05) is 34.0 Å². The summed E-state index contributed by atoms with van der Waals surface area (Å²) in [4.78, 5) is 0. The van der Waals surface area contributed by atoms with Crippen LogP contribution >= 0.6 is 22.9 Å². The van der Waals surface area contributed by atoms with Crippen LogP contribution in [0.25, 0.3) is 45.0 Å². The quantitative estimate of drug-likeness (QED) is 0.0938. The van der Waals surface area contributed by atoms with E-state index in [-0.39, 0.29) is 0 Å². The van der Waals surface area contributed by atoms with Crippen molar-refractivity contribution < 1.29 is 0 Å². The van der Waals surface area contributed by atoms with Crippen LogP contribution in [0.5, 0.6) is 0 Å². The lowest BCUT2D eigenvalue weighted by Crippen LogP contribution is -2.16. The Morgan fingerprint density at radius 1 is 0.647 bits per heavy atom. The average molecular weight is 795 g/mol. The van der Waals surface area contributed by atoms with E-state index in [1.54, 1.807) is 0 Å². The monoisotopic (exact) mass is 794 g/mol. The van der Waals surface area contributed by atoms with Gasteiger partial charge in [-0.25, -0.2) is 3.11 Å². The number of hydrogen-bond acceptors (Lipinski definition) is 2. The van der Waals surface area contributed by atoms with Crippen molar-refractivity contribution in [1.29, 1.82) is 0 Å². The highest BCUT2D eigenvalue weighted by molar-refractivity contribution is 14.1. The number of nitrogens with one attached hydrogen (secondary N) is 1. The van der Waals surface area contributed by atoms with E-state index < -0.39 is 0 Å². The molecule has 6 rings (SSSR count). The fraction of sp³-hybridized carbons (Fsp3) is 0.292. The summed E-state index contributed by atoms with van der Waals surface area (Å²) in [6.07, 6.45) is 5.22. The summed E-state index contributed by atoms with van der Waals surface area (Å²) in [7, 11) is 2.07. The summed E-state index contributed by atoms with van der Waals surface area (Å²) < 4.78 is 2.12. The molecule has 0 spiro atoms. The van der Waals surface area contributed by atoms with E-state index >= 15 is 0 Å². The maximum atomic E-state index is 4.60. The molecule has 5 aromatic rings. The van der Waals surface area contributed by atoms with Gasteiger partial charge in [0.1, 0.15) is 0 Å². The van der Waals surface area contributed by atoms with Crippen LogP contribution in [0.4, 0.5) is 5.69 Å². The maximum Gasteiger partial charge on any atom is 0.0765 e. The molecule has 272 valence electrons. The molecule has 3 heteroatoms. The van der Waals surface area contributed by atoms with Crippen LogP contribution in [0.2, 0.25) is 0 Å². The molecule has 5 aromatic carbocycles. The van der Waals surface area contributed by atoms with Crippen molar-refractivity contribution in [3.63, 3.8) is 0 Å². The van der Waals surface area contributed by atoms with E-state index in [1.807, 2.05) is 69.2 Å². The molecule has 2 nitrogen and oxygen atoms in total. The number of allylic oxidation sites excluding steroid dienone is 1. The SMILES string of the molecule is C=C(c1ccccc1/C=C\C)c1cccc(-c2cccc(-c3cccc4c3-c3ccccc3C4)c2)c1NCN(C)I.CC.CC.CC.CC.CC. The molecule has 0 heterocycles. The van der Waals surface area contributed by atoms with E-state index in [0.29, 0.717) is 6.67 Å². The van der Waals surface area contributed by atoms with E-state index in [9.17, 15) is 0 Å². The Balaban J connectivity index is 0.00000120. The van der Waals surface area contributed by atoms with Gasteiger partial charge >= 0.3 is 0 Å². The molecular formula is C48H63IN2. The first kappa shape index (κ1) is 45.1. The lowest BCUT2D eigenvalue weighted by atomic mass is 9.89. The number of rotatable bonds is 8. The maximum absolute atomic E-state index is 4.60. The first-order valence-electron chi connectivity index (χ1n) is 19.0. The number of benzene rings is 5. The van der Waals surface area contributed by atoms with Crippen molar-refractivity contribution in [3.05, 3.63) is 150 Å². The number of nitrogens with zero attached hydrogens (tertiary/aromatic N) is 1. The van der Waals surface area contributed by atoms with Gasteiger partial charge < -0.3 is 5.32 Å². The first-order valence-corrected chi connectivity index (χ1v) is 20.0. The van der Waals surface area contributed by atoms with Crippen LogP contribution in [-0.2, 0) is 6.42 Å². The molecule has 0 aliphatic heterocycles. The summed E-state index contributed by atoms with van der Waals surface area (Å²) in [5.74, 6) is 0. The summed E-state index contributed by atoms with van der Waals surface area (Å²) in [6.45, 7) is 27.4. The van der Waals surface area contributed by atoms with Crippen LogP contribution in [-0.4, -0.2) is 16.8 Å². The second-order valence-electron chi connectivity index (χ2n) is 10.5. The van der Waals surface area contributed by atoms with Crippen molar-refractivity contribution in [1.82, 2.24) is 3.11 Å². The molecular weight excluding hydrogens is 731 g/mol. The van der Waals surface area contributed by atoms with Crippen molar-refractivity contribution in [2.24, 2.45) is 0 Å². The highest BCUT2D eigenvalue weighted by Gasteiger charge is 2.22. The lowest BCUT2D eigenvalue weighted by molar-refractivity contribution is 0.659. The molecule has 1 aliphatic rings. The van der Waals surface area contributed by atoms with E-state index in [0.717, 1.165) is 28.8 Å². The van der Waals surface area contributed by atoms with Crippen LogP contribution in [0.3, 0.4) is 0 Å². The summed E-state index contributed by atoms with van der Waals surface area (Å²) in [5.41, 5.74) is 15.9. The molecule has 0 unspecified atom stereocenters. The molecule has 51 heavy (non-hydrogen) atoms. The van der Waals surface area contributed by atoms with Crippen LogP contribution in [0.15, 0.2) is 122 Å². The van der Waals surface area contributed by atoms with Gasteiger partial charge in [-0.1, -0.05) is 191 Å². The Kier molecular flexibility index (Phi) is 22.2. The third-order valence-corrected chi connectivity index (χ3v) is 8.14. The molecule has 0 saturated carbocycles. The Hall–Kier alpha value is -3.93. The van der Waals surface area contributed by atoms with Gasteiger partial charge in [-0.2, -0.15) is 0 Å². The van der Waals surface area contributed by atoms with Crippen molar-refractivity contribution in [2.45, 2.75) is 82.6 Å². The molecule has 0 radical (unpaired) electrons. The summed E-state index contributed by atoms with van der Waals surface area (Å²) in [5, 5.41) is 3.74. The standard InChI is InChI=1S/C38H33IN2.5C2H6/c1-4-12-27-13-5-7-18-32(27)26(2)33-20-11-22-36(38(33)40-25-41(3)39)30-16-9-15-29(23-30)35-21-10-17-31-24-28-14-6-8-19-34(28)37(31)35;5*1-2/h4-23,40H,2,24-25H2,1,3H3;5*1-2H3/b12-4-;;;;;. The van der Waals surface area contributed by atoms with Gasteiger partial charge in [-0.3, -0.25) is 0 Å². The van der Waals surface area contributed by atoms with E-state index in [4.69, 9.17) is 0 Å². The Bertz CT molecular complexity index is 1780. The van der Waals surface area contributed by atoms with Crippen LogP contribution < -0.4 is 5.32 Å². The number of fused-ring (bicyclic) bond motifs is 3. The first-order chi connectivity index (χ1) is 25.0. The Morgan fingerprint density at radius 3 is 1.82 bits per heavy atom. The zero-order valence-electron chi connectivity index (χ0n) is 33.5. The number of anilines is 1. The lowest BCUT2D eigenvalue weighted by Gasteiger charge is -2.21. The molecule has 0 fully saturated rings. The second-order valence-corrected chi connectivity index (χ2v) is 12.1. The van der Waals surface area contributed by atoms with Gasteiger partial charge in [0.2, 0.25) is 0 Å². The van der Waals surface area contributed by atoms with Crippen molar-refractivity contribution >= 4 is 40.2 Å². The third kappa shape index (κ3) is 11.5. The summed E-state index contributed by atoms with van der Waals surface area (Å²) >= 11 is 2.32. The molecule has 0 saturated heterocycles. The third-order valence-electron chi connectivity index (χ3n) is 7.80. The van der Waals surface area contributed by atoms with Gasteiger partial charge in [-0.15, -0.1) is 0 Å². The molecule has 1 N–H and O–H groups in total. The number of halogens is 1. The van der Waals surface area contributed by atoms with Crippen molar-refractivity contribution in [2.75, 3.05) is 19.0 Å². The Labute approximate surface area is 326 Å². The van der Waals surface area contributed by atoms with Crippen LogP contribution in [0, 0.1) is 0 Å². The normalized spacial score (nSPS) is 10.2.